The molecular weight excluding hydrogens is 488 g/mol. The number of H-pyrrole nitrogens is 1. The molecule has 2 atom stereocenters. The smallest absolute Gasteiger partial charge is 0.417 e. The summed E-state index contributed by atoms with van der Waals surface area (Å²) in [5, 5.41) is 18.4. The normalized spacial score (nSPS) is 17.5. The monoisotopic (exact) mass is 518 g/mol. The molecule has 1 saturated heterocycles. The SMILES string of the molecule is Cc1cnc(Nc2ccc(N3CCC(NC(=O)O)C3C(C)(C)C)nc2)nc1Nc1ccc2oc(=O)[nH]c2c1. The number of rotatable bonds is 6. The van der Waals surface area contributed by atoms with Crippen molar-refractivity contribution in [1.82, 2.24) is 25.3 Å². The fourth-order valence-electron chi connectivity index (χ4n) is 4.98. The van der Waals surface area contributed by atoms with Crippen LogP contribution in [0, 0.1) is 12.3 Å². The summed E-state index contributed by atoms with van der Waals surface area (Å²) in [6.07, 6.45) is 3.13. The Kier molecular flexibility index (Phi) is 6.39. The second kappa shape index (κ2) is 9.69. The average molecular weight is 519 g/mol. The lowest BCUT2D eigenvalue weighted by atomic mass is 9.82. The van der Waals surface area contributed by atoms with Gasteiger partial charge in [0.05, 0.1) is 29.5 Å². The van der Waals surface area contributed by atoms with Crippen molar-refractivity contribution in [2.75, 3.05) is 22.1 Å². The molecular formula is C26H30N8O4. The quantitative estimate of drug-likeness (QED) is 0.248. The van der Waals surface area contributed by atoms with Crippen molar-refractivity contribution in [1.29, 1.82) is 0 Å². The topological polar surface area (TPSA) is 161 Å². The Hall–Kier alpha value is -4.61. The Bertz CT molecular complexity index is 1520. The minimum atomic E-state index is -1.01. The molecule has 0 bridgehead atoms. The first-order valence-corrected chi connectivity index (χ1v) is 12.3. The number of amides is 1. The highest BCUT2D eigenvalue weighted by molar-refractivity contribution is 5.78. The van der Waals surface area contributed by atoms with Crippen molar-refractivity contribution in [3.8, 4) is 0 Å². The van der Waals surface area contributed by atoms with Gasteiger partial charge in [-0.3, -0.25) is 4.98 Å². The number of anilines is 5. The third-order valence-electron chi connectivity index (χ3n) is 6.55. The molecule has 1 fully saturated rings. The van der Waals surface area contributed by atoms with E-state index in [1.807, 2.05) is 19.1 Å². The number of aryl methyl sites for hydroxylation is 1. The van der Waals surface area contributed by atoms with Gasteiger partial charge in [0.1, 0.15) is 11.6 Å². The van der Waals surface area contributed by atoms with E-state index in [0.717, 1.165) is 17.1 Å². The van der Waals surface area contributed by atoms with Gasteiger partial charge >= 0.3 is 11.8 Å². The van der Waals surface area contributed by atoms with Gasteiger partial charge < -0.3 is 30.4 Å². The first kappa shape index (κ1) is 25.1. The first-order valence-electron chi connectivity index (χ1n) is 12.3. The highest BCUT2D eigenvalue weighted by atomic mass is 16.4. The van der Waals surface area contributed by atoms with Crippen molar-refractivity contribution in [2.24, 2.45) is 5.41 Å². The Labute approximate surface area is 218 Å². The molecule has 3 aromatic heterocycles. The zero-order valence-electron chi connectivity index (χ0n) is 21.6. The second-order valence-electron chi connectivity index (χ2n) is 10.5. The minimum Gasteiger partial charge on any atom is -0.465 e. The molecule has 198 valence electrons. The number of fused-ring (bicyclic) bond motifs is 1. The van der Waals surface area contributed by atoms with Crippen LogP contribution in [0.2, 0.25) is 0 Å². The molecule has 1 aliphatic rings. The van der Waals surface area contributed by atoms with Crippen LogP contribution in [0.3, 0.4) is 0 Å². The highest BCUT2D eigenvalue weighted by Crippen LogP contribution is 2.36. The van der Waals surface area contributed by atoms with E-state index in [1.165, 1.54) is 0 Å². The maximum atomic E-state index is 11.4. The summed E-state index contributed by atoms with van der Waals surface area (Å²) in [4.78, 5) is 41.2. The molecule has 4 aromatic rings. The van der Waals surface area contributed by atoms with Crippen molar-refractivity contribution >= 4 is 46.2 Å². The number of aromatic nitrogens is 4. The molecule has 2 unspecified atom stereocenters. The van der Waals surface area contributed by atoms with E-state index in [0.29, 0.717) is 41.5 Å². The Morgan fingerprint density at radius 1 is 1.13 bits per heavy atom. The highest BCUT2D eigenvalue weighted by Gasteiger charge is 2.43. The number of aromatic amines is 1. The molecule has 5 N–H and O–H groups in total. The predicted molar refractivity (Wildman–Crippen MR) is 145 cm³/mol. The molecule has 1 aromatic carbocycles. The third kappa shape index (κ3) is 5.24. The number of nitrogens with one attached hydrogen (secondary N) is 4. The van der Waals surface area contributed by atoms with E-state index in [1.54, 1.807) is 30.6 Å². The van der Waals surface area contributed by atoms with Gasteiger partial charge in [0.15, 0.2) is 5.58 Å². The van der Waals surface area contributed by atoms with Gasteiger partial charge in [-0.15, -0.1) is 0 Å². The van der Waals surface area contributed by atoms with Crippen molar-refractivity contribution in [2.45, 2.75) is 46.2 Å². The van der Waals surface area contributed by atoms with Gasteiger partial charge in [-0.1, -0.05) is 20.8 Å². The van der Waals surface area contributed by atoms with Gasteiger partial charge in [-0.05, 0) is 49.1 Å². The van der Waals surface area contributed by atoms with Crippen LogP contribution in [0.5, 0.6) is 0 Å². The van der Waals surface area contributed by atoms with Crippen LogP contribution in [0.4, 0.5) is 33.8 Å². The van der Waals surface area contributed by atoms with Crippen molar-refractivity contribution in [3.05, 3.63) is 58.8 Å². The number of nitrogens with zero attached hydrogens (tertiary/aromatic N) is 4. The van der Waals surface area contributed by atoms with E-state index >= 15 is 0 Å². The number of oxazole rings is 1. The maximum absolute atomic E-state index is 11.4. The van der Waals surface area contributed by atoms with Crippen LogP contribution < -0.4 is 26.6 Å². The molecule has 38 heavy (non-hydrogen) atoms. The van der Waals surface area contributed by atoms with E-state index < -0.39 is 11.8 Å². The van der Waals surface area contributed by atoms with Gasteiger partial charge in [-0.25, -0.2) is 19.6 Å². The zero-order valence-corrected chi connectivity index (χ0v) is 21.6. The summed E-state index contributed by atoms with van der Waals surface area (Å²) in [7, 11) is 0. The number of hydrogen-bond acceptors (Lipinski definition) is 9. The standard InChI is InChI=1S/C26H30N8O4/c1-14-12-28-23(33-22(14)29-15-5-7-19-18(11-15)32-25(37)38-19)30-16-6-8-20(27-13-16)34-10-9-17(31-24(35)36)21(34)26(2,3)4/h5-8,11-13,17,21,31H,9-10H2,1-4H3,(H,32,37)(H,35,36)(H2,28,29,30,33). The van der Waals surface area contributed by atoms with E-state index in [9.17, 15) is 14.7 Å². The fraction of sp³-hybridized carbons (Fsp3) is 0.346. The molecule has 5 rings (SSSR count). The molecule has 0 aliphatic carbocycles. The Balaban J connectivity index is 1.31. The lowest BCUT2D eigenvalue weighted by molar-refractivity contribution is 0.182. The molecule has 1 aliphatic heterocycles. The summed E-state index contributed by atoms with van der Waals surface area (Å²) < 4.78 is 5.06. The number of carbonyl (C=O) groups is 1. The summed E-state index contributed by atoms with van der Waals surface area (Å²) in [6, 6.07) is 8.90. The molecule has 12 nitrogen and oxygen atoms in total. The zero-order chi connectivity index (χ0) is 27.0. The van der Waals surface area contributed by atoms with Crippen molar-refractivity contribution in [3.63, 3.8) is 0 Å². The molecule has 0 saturated carbocycles. The van der Waals surface area contributed by atoms with Gasteiger partial charge in [-0.2, -0.15) is 4.98 Å². The van der Waals surface area contributed by atoms with Crippen molar-refractivity contribution < 1.29 is 14.3 Å². The van der Waals surface area contributed by atoms with Gasteiger partial charge in [0, 0.05) is 24.0 Å². The molecule has 0 spiro atoms. The summed E-state index contributed by atoms with van der Waals surface area (Å²) in [5.41, 5.74) is 3.22. The van der Waals surface area contributed by atoms with Crippen LogP contribution in [0.15, 0.2) is 51.9 Å². The number of carboxylic acid groups (broad SMARTS) is 1. The van der Waals surface area contributed by atoms with E-state index in [-0.39, 0.29) is 17.5 Å². The van der Waals surface area contributed by atoms with Crippen LogP contribution in [-0.4, -0.2) is 49.8 Å². The third-order valence-corrected chi connectivity index (χ3v) is 6.55. The molecule has 0 radical (unpaired) electrons. The first-order chi connectivity index (χ1) is 18.1. The number of benzene rings is 1. The van der Waals surface area contributed by atoms with Gasteiger partial charge in [0.2, 0.25) is 5.95 Å². The van der Waals surface area contributed by atoms with Crippen LogP contribution in [0.25, 0.3) is 11.1 Å². The second-order valence-corrected chi connectivity index (χ2v) is 10.5. The summed E-state index contributed by atoms with van der Waals surface area (Å²) in [6.45, 7) is 8.93. The van der Waals surface area contributed by atoms with Crippen LogP contribution in [0.1, 0.15) is 32.8 Å². The Morgan fingerprint density at radius 2 is 1.92 bits per heavy atom. The molecule has 4 heterocycles. The average Bonchev–Trinajstić information content (AvgIpc) is 3.43. The van der Waals surface area contributed by atoms with E-state index in [2.05, 4.69) is 61.6 Å². The number of hydrogen-bond donors (Lipinski definition) is 5. The van der Waals surface area contributed by atoms with Crippen LogP contribution >= 0.6 is 0 Å². The predicted octanol–water partition coefficient (Wildman–Crippen LogP) is 4.36. The molecule has 1 amide bonds. The molecule has 12 heteroatoms. The van der Waals surface area contributed by atoms with Gasteiger partial charge in [0.25, 0.3) is 0 Å². The number of pyridine rings is 1. The summed E-state index contributed by atoms with van der Waals surface area (Å²) >= 11 is 0. The Morgan fingerprint density at radius 3 is 2.63 bits per heavy atom. The maximum Gasteiger partial charge on any atom is 0.417 e. The fourth-order valence-corrected chi connectivity index (χ4v) is 4.98. The summed E-state index contributed by atoms with van der Waals surface area (Å²) in [5.74, 6) is 1.28. The van der Waals surface area contributed by atoms with Crippen LogP contribution in [-0.2, 0) is 0 Å². The van der Waals surface area contributed by atoms with E-state index in [4.69, 9.17) is 4.42 Å². The lowest BCUT2D eigenvalue weighted by Crippen LogP contribution is -2.51. The largest absolute Gasteiger partial charge is 0.465 e. The minimum absolute atomic E-state index is 0.0296. The lowest BCUT2D eigenvalue weighted by Gasteiger charge is -2.38.